The fraction of sp³-hybridized carbons (Fsp3) is 0.200. The van der Waals surface area contributed by atoms with Crippen molar-refractivity contribution in [1.82, 2.24) is 9.97 Å². The lowest BCUT2D eigenvalue weighted by atomic mass is 10.2. The topological polar surface area (TPSA) is 25.8 Å². The minimum Gasteiger partial charge on any atom is -0.231 e. The van der Waals surface area contributed by atoms with E-state index in [-0.39, 0.29) is 10.2 Å². The second-order valence-electron chi connectivity index (χ2n) is 3.07. The Morgan fingerprint density at radius 1 is 1.27 bits per heavy atom. The maximum Gasteiger partial charge on any atom is 0.140 e. The summed E-state index contributed by atoms with van der Waals surface area (Å²) in [5.74, 6) is 0.156. The van der Waals surface area contributed by atoms with Gasteiger partial charge in [0.15, 0.2) is 0 Å². The second-order valence-corrected chi connectivity index (χ2v) is 3.83. The number of rotatable bonds is 1. The summed E-state index contributed by atoms with van der Waals surface area (Å²) in [4.78, 5) is 8.23. The Balaban J connectivity index is 2.85. The Morgan fingerprint density at radius 2 is 2.00 bits per heavy atom. The van der Waals surface area contributed by atoms with E-state index in [4.69, 9.17) is 23.2 Å². The fourth-order valence-electron chi connectivity index (χ4n) is 1.32. The van der Waals surface area contributed by atoms with Gasteiger partial charge < -0.3 is 0 Å². The lowest BCUT2D eigenvalue weighted by Crippen LogP contribution is -1.95. The maximum absolute atomic E-state index is 13.1. The first-order valence-electron chi connectivity index (χ1n) is 4.43. The summed E-state index contributed by atoms with van der Waals surface area (Å²) in [6.07, 6.45) is 0.656. The van der Waals surface area contributed by atoms with Gasteiger partial charge in [-0.2, -0.15) is 0 Å². The van der Waals surface area contributed by atoms with E-state index < -0.39 is 5.82 Å². The predicted octanol–water partition coefficient (Wildman–Crippen LogP) is 3.64. The van der Waals surface area contributed by atoms with Gasteiger partial charge in [0.1, 0.15) is 16.8 Å². The van der Waals surface area contributed by atoms with Crippen LogP contribution in [0.1, 0.15) is 12.7 Å². The minimum absolute atomic E-state index is 0.234. The Kier molecular flexibility index (Phi) is 2.76. The molecule has 0 saturated carbocycles. The van der Waals surface area contributed by atoms with Crippen LogP contribution >= 0.6 is 23.2 Å². The summed E-state index contributed by atoms with van der Waals surface area (Å²) in [6.45, 7) is 1.91. The largest absolute Gasteiger partial charge is 0.231 e. The third-order valence-electron chi connectivity index (χ3n) is 2.03. The molecule has 0 aliphatic carbocycles. The molecule has 0 spiro atoms. The van der Waals surface area contributed by atoms with Crippen LogP contribution in [0.5, 0.6) is 0 Å². The van der Waals surface area contributed by atoms with Crippen molar-refractivity contribution in [2.24, 2.45) is 0 Å². The molecule has 0 atom stereocenters. The van der Waals surface area contributed by atoms with Gasteiger partial charge in [-0.05, 0) is 12.1 Å². The van der Waals surface area contributed by atoms with Crippen LogP contribution in [0.25, 0.3) is 10.9 Å². The molecule has 0 aliphatic heterocycles. The molecule has 1 heterocycles. The van der Waals surface area contributed by atoms with Crippen LogP contribution in [0.15, 0.2) is 12.1 Å². The van der Waals surface area contributed by atoms with Gasteiger partial charge in [0, 0.05) is 11.8 Å². The van der Waals surface area contributed by atoms with E-state index >= 15 is 0 Å². The molecule has 1 aromatic carbocycles. The summed E-state index contributed by atoms with van der Waals surface area (Å²) in [5, 5.41) is 0.932. The molecule has 0 radical (unpaired) electrons. The number of benzene rings is 1. The highest BCUT2D eigenvalue weighted by atomic mass is 35.5. The van der Waals surface area contributed by atoms with E-state index in [1.54, 1.807) is 0 Å². The van der Waals surface area contributed by atoms with Crippen LogP contribution in [-0.4, -0.2) is 9.97 Å². The van der Waals surface area contributed by atoms with Crippen LogP contribution in [0.4, 0.5) is 4.39 Å². The smallest absolute Gasteiger partial charge is 0.140 e. The molecule has 1 aromatic heterocycles. The van der Waals surface area contributed by atoms with Gasteiger partial charge >= 0.3 is 0 Å². The molecular weight excluding hydrogens is 238 g/mol. The van der Waals surface area contributed by atoms with Crippen molar-refractivity contribution in [3.8, 4) is 0 Å². The van der Waals surface area contributed by atoms with Crippen molar-refractivity contribution in [3.05, 3.63) is 34.0 Å². The fourth-order valence-corrected chi connectivity index (χ4v) is 1.81. The van der Waals surface area contributed by atoms with Gasteiger partial charge in [0.2, 0.25) is 0 Å². The maximum atomic E-state index is 13.1. The van der Waals surface area contributed by atoms with Crippen molar-refractivity contribution < 1.29 is 4.39 Å². The van der Waals surface area contributed by atoms with Crippen LogP contribution in [0.3, 0.4) is 0 Å². The molecule has 2 aromatic rings. The first kappa shape index (κ1) is 10.6. The minimum atomic E-state index is -0.442. The standard InChI is InChI=1S/C10H7Cl2FN2/c1-2-8-14-9-6(10(12)15-8)3-5(13)4-7(9)11/h3-4H,2H2,1H3. The third-order valence-corrected chi connectivity index (χ3v) is 2.61. The SMILES string of the molecule is CCc1nc(Cl)c2cc(F)cc(Cl)c2n1. The van der Waals surface area contributed by atoms with E-state index in [2.05, 4.69) is 9.97 Å². The molecule has 0 amide bonds. The Hall–Kier alpha value is -0.930. The number of hydrogen-bond donors (Lipinski definition) is 0. The monoisotopic (exact) mass is 244 g/mol. The number of fused-ring (bicyclic) bond motifs is 1. The van der Waals surface area contributed by atoms with Gasteiger partial charge in [-0.25, -0.2) is 14.4 Å². The summed E-state index contributed by atoms with van der Waals surface area (Å²) >= 11 is 11.8. The number of hydrogen-bond acceptors (Lipinski definition) is 2. The van der Waals surface area contributed by atoms with E-state index in [0.29, 0.717) is 23.1 Å². The van der Waals surface area contributed by atoms with Gasteiger partial charge in [0.05, 0.1) is 10.5 Å². The zero-order valence-electron chi connectivity index (χ0n) is 7.89. The average Bonchev–Trinajstić information content (AvgIpc) is 2.19. The number of halogens is 3. The van der Waals surface area contributed by atoms with Crippen LogP contribution in [-0.2, 0) is 6.42 Å². The molecule has 0 fully saturated rings. The summed E-state index contributed by atoms with van der Waals surface area (Å²) in [6, 6.07) is 2.50. The molecule has 78 valence electrons. The second kappa shape index (κ2) is 3.91. The highest BCUT2D eigenvalue weighted by molar-refractivity contribution is 6.38. The van der Waals surface area contributed by atoms with Crippen LogP contribution < -0.4 is 0 Å². The third kappa shape index (κ3) is 1.90. The highest BCUT2D eigenvalue weighted by Crippen LogP contribution is 2.27. The number of nitrogens with zero attached hydrogens (tertiary/aromatic N) is 2. The quantitative estimate of drug-likeness (QED) is 0.717. The van der Waals surface area contributed by atoms with Crippen molar-refractivity contribution in [2.75, 3.05) is 0 Å². The van der Waals surface area contributed by atoms with Gasteiger partial charge in [-0.3, -0.25) is 0 Å². The molecule has 5 heteroatoms. The zero-order chi connectivity index (χ0) is 11.0. The molecule has 15 heavy (non-hydrogen) atoms. The van der Waals surface area contributed by atoms with Crippen LogP contribution in [0.2, 0.25) is 10.2 Å². The first-order valence-corrected chi connectivity index (χ1v) is 5.18. The van der Waals surface area contributed by atoms with E-state index in [9.17, 15) is 4.39 Å². The van der Waals surface area contributed by atoms with Gasteiger partial charge in [0.25, 0.3) is 0 Å². The highest BCUT2D eigenvalue weighted by Gasteiger charge is 2.09. The average molecular weight is 245 g/mol. The predicted molar refractivity (Wildman–Crippen MR) is 58.9 cm³/mol. The zero-order valence-corrected chi connectivity index (χ0v) is 9.40. The lowest BCUT2D eigenvalue weighted by Gasteiger charge is -2.04. The van der Waals surface area contributed by atoms with Gasteiger partial charge in [-0.1, -0.05) is 30.1 Å². The molecule has 2 nitrogen and oxygen atoms in total. The normalized spacial score (nSPS) is 10.9. The molecule has 2 rings (SSSR count). The first-order chi connectivity index (χ1) is 7.11. The van der Waals surface area contributed by atoms with Crippen molar-refractivity contribution in [1.29, 1.82) is 0 Å². The summed E-state index contributed by atoms with van der Waals surface area (Å²) in [7, 11) is 0. The lowest BCUT2D eigenvalue weighted by molar-refractivity contribution is 0.629. The molecule has 0 unspecified atom stereocenters. The summed E-state index contributed by atoms with van der Waals surface area (Å²) < 4.78 is 13.1. The van der Waals surface area contributed by atoms with E-state index in [1.807, 2.05) is 6.92 Å². The number of aryl methyl sites for hydroxylation is 1. The summed E-state index contributed by atoms with van der Waals surface area (Å²) in [5.41, 5.74) is 0.495. The molecule has 0 bridgehead atoms. The molecule has 0 saturated heterocycles. The molecular formula is C10H7Cl2FN2. The van der Waals surface area contributed by atoms with Gasteiger partial charge in [-0.15, -0.1) is 0 Å². The van der Waals surface area contributed by atoms with Crippen molar-refractivity contribution in [3.63, 3.8) is 0 Å². The molecule has 0 N–H and O–H groups in total. The molecule has 0 aliphatic rings. The Labute approximate surface area is 96.1 Å². The van der Waals surface area contributed by atoms with E-state index in [1.165, 1.54) is 12.1 Å². The number of aromatic nitrogens is 2. The van der Waals surface area contributed by atoms with E-state index in [0.717, 1.165) is 0 Å². The van der Waals surface area contributed by atoms with Crippen molar-refractivity contribution in [2.45, 2.75) is 13.3 Å². The van der Waals surface area contributed by atoms with Crippen LogP contribution in [0, 0.1) is 5.82 Å². The Bertz CT molecular complexity index is 528. The van der Waals surface area contributed by atoms with Crippen molar-refractivity contribution >= 4 is 34.1 Å². The Morgan fingerprint density at radius 3 is 2.67 bits per heavy atom.